The molecular weight excluding hydrogens is 340 g/mol. The van der Waals surface area contributed by atoms with E-state index in [9.17, 15) is 0 Å². The van der Waals surface area contributed by atoms with Crippen LogP contribution in [0.5, 0.6) is 0 Å². The molecule has 28 heavy (non-hydrogen) atoms. The van der Waals surface area contributed by atoms with E-state index in [1.807, 2.05) is 0 Å². The summed E-state index contributed by atoms with van der Waals surface area (Å²) < 4.78 is 6.33. The maximum absolute atomic E-state index is 6.33. The van der Waals surface area contributed by atoms with Crippen molar-refractivity contribution in [2.45, 2.75) is 118 Å². The topological polar surface area (TPSA) is 9.23 Å². The van der Waals surface area contributed by atoms with Crippen LogP contribution in [0.3, 0.4) is 0 Å². The van der Waals surface area contributed by atoms with Gasteiger partial charge in [-0.25, -0.2) is 0 Å². The summed E-state index contributed by atoms with van der Waals surface area (Å²) in [5.41, 5.74) is 1.61. The summed E-state index contributed by atoms with van der Waals surface area (Å²) in [6.45, 7) is 16.5. The van der Waals surface area contributed by atoms with Crippen LogP contribution in [0.2, 0.25) is 0 Å². The van der Waals surface area contributed by atoms with Crippen molar-refractivity contribution < 1.29 is 4.74 Å². The second kappa shape index (κ2) is 7.58. The van der Waals surface area contributed by atoms with Gasteiger partial charge >= 0.3 is 0 Å². The zero-order valence-corrected chi connectivity index (χ0v) is 19.9. The van der Waals surface area contributed by atoms with Crippen molar-refractivity contribution in [2.75, 3.05) is 6.61 Å². The Balaban J connectivity index is 1.52. The molecule has 0 aromatic heterocycles. The van der Waals surface area contributed by atoms with Crippen LogP contribution in [0.1, 0.15) is 112 Å². The van der Waals surface area contributed by atoms with E-state index in [-0.39, 0.29) is 0 Å². The van der Waals surface area contributed by atoms with Crippen LogP contribution in [0.4, 0.5) is 0 Å². The fourth-order valence-corrected chi connectivity index (χ4v) is 9.13. The fourth-order valence-electron chi connectivity index (χ4n) is 9.13. The van der Waals surface area contributed by atoms with Crippen LogP contribution >= 0.6 is 0 Å². The Labute approximate surface area is 175 Å². The average Bonchev–Trinajstić information content (AvgIpc) is 2.92. The Kier molecular flexibility index (Phi) is 5.74. The number of hydrogen-bond acceptors (Lipinski definition) is 1. The Morgan fingerprint density at radius 3 is 2.32 bits per heavy atom. The molecule has 162 valence electrons. The van der Waals surface area contributed by atoms with Gasteiger partial charge in [0, 0.05) is 6.61 Å². The Bertz CT molecular complexity index is 554. The van der Waals surface area contributed by atoms with Gasteiger partial charge in [0.1, 0.15) is 0 Å². The molecule has 0 amide bonds. The predicted molar refractivity (Wildman–Crippen MR) is 119 cm³/mol. The first-order valence-electron chi connectivity index (χ1n) is 12.8. The minimum Gasteiger partial charge on any atom is -0.378 e. The van der Waals surface area contributed by atoms with Crippen molar-refractivity contribution in [3.05, 3.63) is 0 Å². The molecule has 1 saturated heterocycles. The lowest BCUT2D eigenvalue weighted by atomic mass is 9.42. The Morgan fingerprint density at radius 2 is 1.57 bits per heavy atom. The molecule has 0 aromatic carbocycles. The van der Waals surface area contributed by atoms with Gasteiger partial charge in [-0.3, -0.25) is 0 Å². The molecular formula is C27H48O. The summed E-state index contributed by atoms with van der Waals surface area (Å²) in [6, 6.07) is 0. The molecule has 4 rings (SSSR count). The lowest BCUT2D eigenvalue weighted by Crippen LogP contribution is -2.59. The molecule has 0 aromatic rings. The number of hydrogen-bond donors (Lipinski definition) is 0. The lowest BCUT2D eigenvalue weighted by Gasteiger charge is -2.64. The van der Waals surface area contributed by atoms with Crippen molar-refractivity contribution in [3.8, 4) is 0 Å². The van der Waals surface area contributed by atoms with Gasteiger partial charge < -0.3 is 4.74 Å². The average molecular weight is 389 g/mol. The van der Waals surface area contributed by atoms with Crippen LogP contribution in [-0.4, -0.2) is 12.7 Å². The summed E-state index contributed by atoms with van der Waals surface area (Å²) in [4.78, 5) is 0. The molecule has 1 heteroatoms. The summed E-state index contributed by atoms with van der Waals surface area (Å²) >= 11 is 0. The second-order valence-corrected chi connectivity index (χ2v) is 12.6. The van der Waals surface area contributed by atoms with Crippen molar-refractivity contribution in [1.82, 2.24) is 0 Å². The lowest BCUT2D eigenvalue weighted by molar-refractivity contribution is -0.198. The number of fused-ring (bicyclic) bond motifs is 5. The van der Waals surface area contributed by atoms with Gasteiger partial charge in [0.15, 0.2) is 0 Å². The van der Waals surface area contributed by atoms with Gasteiger partial charge in [0.2, 0.25) is 0 Å². The zero-order chi connectivity index (χ0) is 20.2. The van der Waals surface area contributed by atoms with Crippen LogP contribution in [0.15, 0.2) is 0 Å². The quantitative estimate of drug-likeness (QED) is 0.465. The highest BCUT2D eigenvalue weighted by molar-refractivity contribution is 5.14. The molecule has 3 aliphatic carbocycles. The van der Waals surface area contributed by atoms with E-state index in [1.54, 1.807) is 0 Å². The summed E-state index contributed by atoms with van der Waals surface area (Å²) in [5.74, 6) is 4.59. The van der Waals surface area contributed by atoms with Crippen molar-refractivity contribution in [3.63, 3.8) is 0 Å². The third-order valence-corrected chi connectivity index (χ3v) is 11.0. The standard InChI is InChI=1S/C27H48O/c1-19(2)9-7-10-20(3)21-13-16-27(6)23-11-12-24-25(4,15-8-18-28-24)22(23)14-17-26(21,27)5/h19-24H,7-18H2,1-6H3. The molecule has 0 spiro atoms. The van der Waals surface area contributed by atoms with Crippen LogP contribution in [-0.2, 0) is 4.74 Å². The van der Waals surface area contributed by atoms with Gasteiger partial charge in [0.25, 0.3) is 0 Å². The van der Waals surface area contributed by atoms with E-state index in [2.05, 4.69) is 41.5 Å². The van der Waals surface area contributed by atoms with Gasteiger partial charge in [-0.05, 0) is 97.2 Å². The van der Waals surface area contributed by atoms with E-state index >= 15 is 0 Å². The maximum atomic E-state index is 6.33. The third kappa shape index (κ3) is 3.12. The van der Waals surface area contributed by atoms with Crippen molar-refractivity contribution in [1.29, 1.82) is 0 Å². The molecule has 3 saturated carbocycles. The van der Waals surface area contributed by atoms with E-state index in [4.69, 9.17) is 4.74 Å². The Morgan fingerprint density at radius 1 is 0.821 bits per heavy atom. The normalized spacial score (nSPS) is 49.4. The SMILES string of the molecule is CC(C)CCCC(C)C1CCC2(C)C3CCC4OCCCC4(C)C3CCC12C. The van der Waals surface area contributed by atoms with E-state index in [1.165, 1.54) is 70.6 Å². The highest BCUT2D eigenvalue weighted by atomic mass is 16.5. The zero-order valence-electron chi connectivity index (χ0n) is 19.9. The highest BCUT2D eigenvalue weighted by Gasteiger charge is 2.65. The second-order valence-electron chi connectivity index (χ2n) is 12.6. The van der Waals surface area contributed by atoms with Gasteiger partial charge in [-0.1, -0.05) is 60.8 Å². The number of rotatable bonds is 5. The first kappa shape index (κ1) is 21.2. The molecule has 1 aliphatic heterocycles. The summed E-state index contributed by atoms with van der Waals surface area (Å²) in [6.07, 6.45) is 16.3. The first-order valence-corrected chi connectivity index (χ1v) is 12.8. The smallest absolute Gasteiger partial charge is 0.0631 e. The van der Waals surface area contributed by atoms with Crippen molar-refractivity contribution in [2.24, 2.45) is 45.8 Å². The molecule has 0 bridgehead atoms. The predicted octanol–water partition coefficient (Wildman–Crippen LogP) is 7.88. The molecule has 4 fully saturated rings. The monoisotopic (exact) mass is 388 g/mol. The fraction of sp³-hybridized carbons (Fsp3) is 1.00. The van der Waals surface area contributed by atoms with Crippen LogP contribution < -0.4 is 0 Å². The van der Waals surface area contributed by atoms with E-state index in [0.29, 0.717) is 22.3 Å². The molecule has 1 heterocycles. The minimum atomic E-state index is 0.465. The molecule has 8 unspecified atom stereocenters. The van der Waals surface area contributed by atoms with E-state index < -0.39 is 0 Å². The number of ether oxygens (including phenoxy) is 1. The van der Waals surface area contributed by atoms with Crippen molar-refractivity contribution >= 4 is 0 Å². The molecule has 4 aliphatic rings. The van der Waals surface area contributed by atoms with Gasteiger partial charge in [0.05, 0.1) is 6.10 Å². The summed E-state index contributed by atoms with van der Waals surface area (Å²) in [5, 5.41) is 0. The minimum absolute atomic E-state index is 0.465. The largest absolute Gasteiger partial charge is 0.378 e. The van der Waals surface area contributed by atoms with Gasteiger partial charge in [-0.2, -0.15) is 0 Å². The molecule has 0 N–H and O–H groups in total. The third-order valence-electron chi connectivity index (χ3n) is 11.0. The van der Waals surface area contributed by atoms with E-state index in [0.717, 1.165) is 36.2 Å². The highest BCUT2D eigenvalue weighted by Crippen LogP contribution is 2.72. The first-order chi connectivity index (χ1) is 13.2. The molecule has 0 radical (unpaired) electrons. The molecule has 8 atom stereocenters. The molecule has 1 nitrogen and oxygen atoms in total. The Hall–Kier alpha value is -0.0400. The van der Waals surface area contributed by atoms with Gasteiger partial charge in [-0.15, -0.1) is 0 Å². The summed E-state index contributed by atoms with van der Waals surface area (Å²) in [7, 11) is 0. The van der Waals surface area contributed by atoms with Crippen LogP contribution in [0.25, 0.3) is 0 Å². The maximum Gasteiger partial charge on any atom is 0.0631 e. The van der Waals surface area contributed by atoms with Crippen LogP contribution in [0, 0.1) is 45.8 Å².